The van der Waals surface area contributed by atoms with Gasteiger partial charge in [-0.05, 0) is 30.9 Å². The molecule has 3 N–H and O–H groups in total. The highest BCUT2D eigenvalue weighted by Gasteiger charge is 2.37. The summed E-state index contributed by atoms with van der Waals surface area (Å²) in [6.45, 7) is 3.92. The van der Waals surface area contributed by atoms with Gasteiger partial charge in [0, 0.05) is 17.5 Å². The highest BCUT2D eigenvalue weighted by atomic mass is 35.5. The van der Waals surface area contributed by atoms with Gasteiger partial charge in [0.15, 0.2) is 11.6 Å². The molecule has 1 heterocycles. The predicted octanol–water partition coefficient (Wildman–Crippen LogP) is 1.41. The minimum absolute atomic E-state index is 0.0661. The number of rotatable bonds is 8. The molecule has 6 nitrogen and oxygen atoms in total. The largest absolute Gasteiger partial charge is 0.452 e. The van der Waals surface area contributed by atoms with E-state index in [2.05, 4.69) is 10.6 Å². The molecule has 2 amide bonds. The Balaban J connectivity index is 1.90. The fraction of sp³-hybridized carbons (Fsp3) is 0.529. The molecule has 27 heavy (non-hydrogen) atoms. The standard InChI is InChI=1S/C17H22BClF2N3O3/c1-9(2)5-14(18-27)23-15(25)8-22-17(26)13-3-4-24(13)16-11(20)6-10(19)7-12(16)21/h6-7,9,13-14,27H,3-5,8H2,1-2H3,(H,22,26)(H,23,25). The molecule has 0 spiro atoms. The number of carbonyl (C=O) groups excluding carboxylic acids is 2. The Hall–Kier alpha value is -1.87. The van der Waals surface area contributed by atoms with E-state index in [1.54, 1.807) is 0 Å². The summed E-state index contributed by atoms with van der Waals surface area (Å²) in [6.07, 6.45) is 0.969. The van der Waals surface area contributed by atoms with Crippen LogP contribution >= 0.6 is 11.6 Å². The van der Waals surface area contributed by atoms with Crippen molar-refractivity contribution in [2.24, 2.45) is 5.92 Å². The number of hydrogen-bond donors (Lipinski definition) is 3. The molecule has 0 aliphatic carbocycles. The third-order valence-electron chi connectivity index (χ3n) is 4.27. The Morgan fingerprint density at radius 1 is 1.37 bits per heavy atom. The SMILES string of the molecule is CC(C)CC([B]O)NC(=O)CNC(=O)C1CCN1c1c(F)cc(Cl)cc1F. The van der Waals surface area contributed by atoms with Crippen LogP contribution in [0.1, 0.15) is 26.7 Å². The summed E-state index contributed by atoms with van der Waals surface area (Å²) in [5.74, 6) is -2.89. The monoisotopic (exact) mass is 400 g/mol. The van der Waals surface area contributed by atoms with Crippen LogP contribution in [0.3, 0.4) is 0 Å². The van der Waals surface area contributed by atoms with E-state index in [0.29, 0.717) is 19.4 Å². The van der Waals surface area contributed by atoms with E-state index in [-0.39, 0.29) is 23.2 Å². The van der Waals surface area contributed by atoms with Crippen molar-refractivity contribution in [1.82, 2.24) is 10.6 Å². The van der Waals surface area contributed by atoms with Crippen molar-refractivity contribution in [1.29, 1.82) is 0 Å². The number of hydrogen-bond acceptors (Lipinski definition) is 4. The molecular weight excluding hydrogens is 378 g/mol. The van der Waals surface area contributed by atoms with Crippen molar-refractivity contribution >= 4 is 36.6 Å². The molecule has 1 radical (unpaired) electrons. The molecule has 1 aromatic rings. The summed E-state index contributed by atoms with van der Waals surface area (Å²) in [5.41, 5.74) is -0.304. The lowest BCUT2D eigenvalue weighted by Crippen LogP contribution is -2.58. The maximum absolute atomic E-state index is 14.0. The van der Waals surface area contributed by atoms with Crippen LogP contribution in [-0.2, 0) is 9.59 Å². The summed E-state index contributed by atoms with van der Waals surface area (Å²) in [4.78, 5) is 25.5. The van der Waals surface area contributed by atoms with Gasteiger partial charge in [-0.15, -0.1) is 0 Å². The van der Waals surface area contributed by atoms with Gasteiger partial charge < -0.3 is 20.6 Å². The topological polar surface area (TPSA) is 81.7 Å². The van der Waals surface area contributed by atoms with Gasteiger partial charge in [0.25, 0.3) is 0 Å². The molecule has 2 atom stereocenters. The third-order valence-corrected chi connectivity index (χ3v) is 4.48. The van der Waals surface area contributed by atoms with Gasteiger partial charge in [0.05, 0.1) is 6.54 Å². The summed E-state index contributed by atoms with van der Waals surface area (Å²) in [5, 5.41) is 14.1. The van der Waals surface area contributed by atoms with Crippen molar-refractivity contribution in [3.05, 3.63) is 28.8 Å². The van der Waals surface area contributed by atoms with Crippen LogP contribution < -0.4 is 15.5 Å². The lowest BCUT2D eigenvalue weighted by Gasteiger charge is -2.41. The molecule has 2 rings (SSSR count). The Morgan fingerprint density at radius 2 is 2.00 bits per heavy atom. The highest BCUT2D eigenvalue weighted by Crippen LogP contribution is 2.33. The summed E-state index contributed by atoms with van der Waals surface area (Å²) >= 11 is 5.61. The van der Waals surface area contributed by atoms with Crippen molar-refractivity contribution in [2.45, 2.75) is 38.7 Å². The van der Waals surface area contributed by atoms with E-state index >= 15 is 0 Å². The average molecular weight is 401 g/mol. The zero-order valence-corrected chi connectivity index (χ0v) is 15.9. The zero-order chi connectivity index (χ0) is 20.1. The normalized spacial score (nSPS) is 17.3. The number of carbonyl (C=O) groups is 2. The number of nitrogens with zero attached hydrogens (tertiary/aromatic N) is 1. The number of nitrogens with one attached hydrogen (secondary N) is 2. The number of halogens is 3. The van der Waals surface area contributed by atoms with E-state index in [1.807, 2.05) is 13.8 Å². The third kappa shape index (κ3) is 5.56. The van der Waals surface area contributed by atoms with E-state index in [4.69, 9.17) is 16.6 Å². The molecule has 0 saturated carbocycles. The Morgan fingerprint density at radius 3 is 2.48 bits per heavy atom. The van der Waals surface area contributed by atoms with E-state index in [1.165, 1.54) is 4.90 Å². The number of amides is 2. The van der Waals surface area contributed by atoms with Crippen LogP contribution in [0.15, 0.2) is 12.1 Å². The Labute approximate surface area is 162 Å². The number of anilines is 1. The molecule has 147 valence electrons. The van der Waals surface area contributed by atoms with Gasteiger partial charge >= 0.3 is 7.48 Å². The van der Waals surface area contributed by atoms with Gasteiger partial charge in [-0.2, -0.15) is 0 Å². The maximum atomic E-state index is 14.0. The predicted molar refractivity (Wildman–Crippen MR) is 99.5 cm³/mol. The van der Waals surface area contributed by atoms with Gasteiger partial charge in [0.2, 0.25) is 11.8 Å². The van der Waals surface area contributed by atoms with Crippen LogP contribution in [0.2, 0.25) is 5.02 Å². The Kier molecular flexibility index (Phi) is 7.44. The second kappa shape index (κ2) is 9.37. The molecule has 0 aromatic heterocycles. The molecular formula is C17H22BClF2N3O3. The average Bonchev–Trinajstić information content (AvgIpc) is 2.53. The first-order valence-corrected chi connectivity index (χ1v) is 9.06. The van der Waals surface area contributed by atoms with Crippen LogP contribution in [0.5, 0.6) is 0 Å². The van der Waals surface area contributed by atoms with E-state index < -0.39 is 35.4 Å². The molecule has 1 aliphatic rings. The summed E-state index contributed by atoms with van der Waals surface area (Å²) < 4.78 is 28.1. The zero-order valence-electron chi connectivity index (χ0n) is 15.1. The molecule has 1 fully saturated rings. The molecule has 0 bridgehead atoms. The van der Waals surface area contributed by atoms with Crippen molar-refractivity contribution in [2.75, 3.05) is 18.0 Å². The lowest BCUT2D eigenvalue weighted by molar-refractivity contribution is -0.127. The summed E-state index contributed by atoms with van der Waals surface area (Å²) in [7, 11) is 0.902. The molecule has 1 aromatic carbocycles. The van der Waals surface area contributed by atoms with Crippen LogP contribution in [0.4, 0.5) is 14.5 Å². The fourth-order valence-corrected chi connectivity index (χ4v) is 3.14. The van der Waals surface area contributed by atoms with Crippen LogP contribution in [-0.4, -0.2) is 49.4 Å². The van der Waals surface area contributed by atoms with Crippen LogP contribution in [0.25, 0.3) is 0 Å². The molecule has 10 heteroatoms. The van der Waals surface area contributed by atoms with Gasteiger partial charge in [-0.1, -0.05) is 25.4 Å². The highest BCUT2D eigenvalue weighted by molar-refractivity contribution is 6.30. The lowest BCUT2D eigenvalue weighted by atomic mass is 9.82. The molecule has 2 unspecified atom stereocenters. The minimum atomic E-state index is -0.842. The quantitative estimate of drug-likeness (QED) is 0.576. The first-order chi connectivity index (χ1) is 12.7. The van der Waals surface area contributed by atoms with Crippen molar-refractivity contribution < 1.29 is 23.4 Å². The smallest absolute Gasteiger partial charge is 0.311 e. The maximum Gasteiger partial charge on any atom is 0.311 e. The molecule has 1 aliphatic heterocycles. The van der Waals surface area contributed by atoms with Crippen molar-refractivity contribution in [3.8, 4) is 0 Å². The first-order valence-electron chi connectivity index (χ1n) is 8.68. The van der Waals surface area contributed by atoms with Gasteiger partial charge in [0.1, 0.15) is 11.7 Å². The van der Waals surface area contributed by atoms with Crippen molar-refractivity contribution in [3.63, 3.8) is 0 Å². The van der Waals surface area contributed by atoms with E-state index in [0.717, 1.165) is 19.6 Å². The second-order valence-corrected chi connectivity index (χ2v) is 7.32. The van der Waals surface area contributed by atoms with Gasteiger partial charge in [-0.25, -0.2) is 8.78 Å². The summed E-state index contributed by atoms with van der Waals surface area (Å²) in [6, 6.07) is 1.21. The first kappa shape index (κ1) is 21.4. The molecule has 1 saturated heterocycles. The minimum Gasteiger partial charge on any atom is -0.452 e. The second-order valence-electron chi connectivity index (χ2n) is 6.89. The fourth-order valence-electron chi connectivity index (χ4n) is 2.94. The van der Waals surface area contributed by atoms with E-state index in [9.17, 15) is 18.4 Å². The van der Waals surface area contributed by atoms with Crippen LogP contribution in [0, 0.1) is 17.6 Å². The number of benzene rings is 1. The van der Waals surface area contributed by atoms with Gasteiger partial charge in [-0.3, -0.25) is 9.59 Å². The Bertz CT molecular complexity index is 685.